The zero-order chi connectivity index (χ0) is 12.3. The van der Waals surface area contributed by atoms with Crippen molar-refractivity contribution in [3.05, 3.63) is 34.3 Å². The molecule has 1 N–H and O–H groups in total. The van der Waals surface area contributed by atoms with Gasteiger partial charge in [-0.3, -0.25) is 4.79 Å². The molecule has 0 aromatic heterocycles. The van der Waals surface area contributed by atoms with E-state index in [1.54, 1.807) is 0 Å². The minimum absolute atomic E-state index is 0.165. The Kier molecular flexibility index (Phi) is 4.18. The number of benzene rings is 1. The van der Waals surface area contributed by atoms with Crippen LogP contribution in [0.2, 0.25) is 0 Å². The van der Waals surface area contributed by atoms with Crippen LogP contribution < -0.4 is 5.32 Å². The van der Waals surface area contributed by atoms with E-state index in [4.69, 9.17) is 4.74 Å². The van der Waals surface area contributed by atoms with Crippen molar-refractivity contribution in [3.63, 3.8) is 0 Å². The fraction of sp³-hybridized carbons (Fsp3) is 0.462. The van der Waals surface area contributed by atoms with Gasteiger partial charge in [-0.1, -0.05) is 34.1 Å². The van der Waals surface area contributed by atoms with Gasteiger partial charge in [0.1, 0.15) is 6.04 Å². The van der Waals surface area contributed by atoms with Crippen LogP contribution in [-0.2, 0) is 9.53 Å². The van der Waals surface area contributed by atoms with Crippen molar-refractivity contribution >= 4 is 21.9 Å². The summed E-state index contributed by atoms with van der Waals surface area (Å²) in [4.78, 5) is 11.5. The van der Waals surface area contributed by atoms with E-state index in [2.05, 4.69) is 27.3 Å². The van der Waals surface area contributed by atoms with Crippen LogP contribution in [0.4, 0.5) is 0 Å². The van der Waals surface area contributed by atoms with Crippen molar-refractivity contribution in [3.8, 4) is 0 Å². The average molecular weight is 298 g/mol. The van der Waals surface area contributed by atoms with E-state index in [0.29, 0.717) is 5.92 Å². The molecule has 2 unspecified atom stereocenters. The van der Waals surface area contributed by atoms with Crippen LogP contribution in [-0.4, -0.2) is 25.7 Å². The third kappa shape index (κ3) is 2.87. The van der Waals surface area contributed by atoms with Crippen molar-refractivity contribution in [1.82, 2.24) is 5.32 Å². The molecule has 1 aromatic carbocycles. The number of ether oxygens (including phenoxy) is 1. The smallest absolute Gasteiger partial charge is 0.322 e. The standard InChI is InChI=1S/C13H16BrNO2/c1-17-13(16)12-8-9(6-7-15-12)10-4-2-3-5-11(10)14/h2-5,9,12,15H,6-8H2,1H3. The Hall–Kier alpha value is -0.870. The second-order valence-corrected chi connectivity index (χ2v) is 5.13. The number of nitrogens with one attached hydrogen (secondary N) is 1. The number of hydrogen-bond acceptors (Lipinski definition) is 3. The topological polar surface area (TPSA) is 38.3 Å². The number of rotatable bonds is 2. The Labute approximate surface area is 110 Å². The molecular weight excluding hydrogens is 282 g/mol. The number of piperidine rings is 1. The molecule has 0 spiro atoms. The molecule has 1 aliphatic rings. The van der Waals surface area contributed by atoms with E-state index in [1.807, 2.05) is 18.2 Å². The lowest BCUT2D eigenvalue weighted by molar-refractivity contribution is -0.143. The summed E-state index contributed by atoms with van der Waals surface area (Å²) in [6.45, 7) is 0.853. The number of carbonyl (C=O) groups excluding carboxylic acids is 1. The Morgan fingerprint density at radius 1 is 1.47 bits per heavy atom. The Morgan fingerprint density at radius 2 is 2.24 bits per heavy atom. The first kappa shape index (κ1) is 12.6. The van der Waals surface area contributed by atoms with Gasteiger partial charge in [0.05, 0.1) is 7.11 Å². The van der Waals surface area contributed by atoms with E-state index in [1.165, 1.54) is 12.7 Å². The van der Waals surface area contributed by atoms with Gasteiger partial charge in [0.2, 0.25) is 0 Å². The maximum Gasteiger partial charge on any atom is 0.322 e. The monoisotopic (exact) mass is 297 g/mol. The third-order valence-corrected chi connectivity index (χ3v) is 3.96. The van der Waals surface area contributed by atoms with E-state index in [0.717, 1.165) is 23.9 Å². The summed E-state index contributed by atoms with van der Waals surface area (Å²) >= 11 is 3.57. The average Bonchev–Trinajstić information content (AvgIpc) is 2.38. The maximum atomic E-state index is 11.5. The summed E-state index contributed by atoms with van der Waals surface area (Å²) in [5.74, 6) is 0.248. The molecule has 0 amide bonds. The van der Waals surface area contributed by atoms with Crippen molar-refractivity contribution in [2.75, 3.05) is 13.7 Å². The van der Waals surface area contributed by atoms with E-state index >= 15 is 0 Å². The molecule has 3 nitrogen and oxygen atoms in total. The zero-order valence-electron chi connectivity index (χ0n) is 9.78. The van der Waals surface area contributed by atoms with Crippen molar-refractivity contribution < 1.29 is 9.53 Å². The van der Waals surface area contributed by atoms with Crippen LogP contribution in [0.1, 0.15) is 24.3 Å². The summed E-state index contributed by atoms with van der Waals surface area (Å²) in [7, 11) is 1.44. The highest BCUT2D eigenvalue weighted by Gasteiger charge is 2.28. The van der Waals surface area contributed by atoms with Crippen molar-refractivity contribution in [2.45, 2.75) is 24.8 Å². The van der Waals surface area contributed by atoms with Crippen LogP contribution in [0.5, 0.6) is 0 Å². The molecule has 1 saturated heterocycles. The predicted octanol–water partition coefficient (Wildman–Crippen LogP) is 2.46. The molecule has 4 heteroatoms. The fourth-order valence-electron chi connectivity index (χ4n) is 2.33. The van der Waals surface area contributed by atoms with Gasteiger partial charge in [0, 0.05) is 4.47 Å². The van der Waals surface area contributed by atoms with Crippen LogP contribution in [0.3, 0.4) is 0 Å². The SMILES string of the molecule is COC(=O)C1CC(c2ccccc2Br)CCN1. The van der Waals surface area contributed by atoms with Gasteiger partial charge < -0.3 is 10.1 Å². The molecule has 1 aromatic rings. The van der Waals surface area contributed by atoms with Gasteiger partial charge in [0.15, 0.2) is 0 Å². The van der Waals surface area contributed by atoms with Gasteiger partial charge >= 0.3 is 5.97 Å². The summed E-state index contributed by atoms with van der Waals surface area (Å²) in [5.41, 5.74) is 1.28. The van der Waals surface area contributed by atoms with Crippen LogP contribution in [0, 0.1) is 0 Å². The minimum atomic E-state index is -0.175. The summed E-state index contributed by atoms with van der Waals surface area (Å²) in [5, 5.41) is 3.20. The molecule has 1 fully saturated rings. The van der Waals surface area contributed by atoms with Gasteiger partial charge in [-0.15, -0.1) is 0 Å². The highest BCUT2D eigenvalue weighted by atomic mass is 79.9. The van der Waals surface area contributed by atoms with Crippen molar-refractivity contribution in [2.24, 2.45) is 0 Å². The van der Waals surface area contributed by atoms with Gasteiger partial charge in [-0.2, -0.15) is 0 Å². The van der Waals surface area contributed by atoms with Crippen molar-refractivity contribution in [1.29, 1.82) is 0 Å². The Balaban J connectivity index is 2.12. The minimum Gasteiger partial charge on any atom is -0.468 e. The van der Waals surface area contributed by atoms with E-state index < -0.39 is 0 Å². The molecule has 1 aliphatic heterocycles. The molecule has 0 aliphatic carbocycles. The molecule has 17 heavy (non-hydrogen) atoms. The van der Waals surface area contributed by atoms with Gasteiger partial charge in [-0.05, 0) is 36.9 Å². The van der Waals surface area contributed by atoms with Crippen LogP contribution in [0.15, 0.2) is 28.7 Å². The Morgan fingerprint density at radius 3 is 2.94 bits per heavy atom. The number of hydrogen-bond donors (Lipinski definition) is 1. The Bertz CT molecular complexity index is 408. The van der Waals surface area contributed by atoms with Gasteiger partial charge in [-0.25, -0.2) is 0 Å². The molecule has 0 saturated carbocycles. The molecule has 2 atom stereocenters. The lowest BCUT2D eigenvalue weighted by Crippen LogP contribution is -2.43. The number of methoxy groups -OCH3 is 1. The third-order valence-electron chi connectivity index (χ3n) is 3.23. The quantitative estimate of drug-likeness (QED) is 0.852. The zero-order valence-corrected chi connectivity index (χ0v) is 11.4. The highest BCUT2D eigenvalue weighted by Crippen LogP contribution is 2.32. The summed E-state index contributed by atoms with van der Waals surface area (Å²) in [6.07, 6.45) is 1.85. The van der Waals surface area contributed by atoms with E-state index in [9.17, 15) is 4.79 Å². The van der Waals surface area contributed by atoms with Gasteiger partial charge in [0.25, 0.3) is 0 Å². The predicted molar refractivity (Wildman–Crippen MR) is 69.9 cm³/mol. The van der Waals surface area contributed by atoms with E-state index in [-0.39, 0.29) is 12.0 Å². The molecule has 1 heterocycles. The first-order valence-electron chi connectivity index (χ1n) is 5.78. The first-order chi connectivity index (χ1) is 8.22. The molecule has 0 radical (unpaired) electrons. The fourth-order valence-corrected chi connectivity index (χ4v) is 2.94. The lowest BCUT2D eigenvalue weighted by atomic mass is 9.86. The summed E-state index contributed by atoms with van der Waals surface area (Å²) < 4.78 is 5.91. The maximum absolute atomic E-state index is 11.5. The normalized spacial score (nSPS) is 24.4. The molecular formula is C13H16BrNO2. The summed E-state index contributed by atoms with van der Waals surface area (Å²) in [6, 6.07) is 8.03. The number of carbonyl (C=O) groups is 1. The van der Waals surface area contributed by atoms with Crippen LogP contribution in [0.25, 0.3) is 0 Å². The number of esters is 1. The molecule has 92 valence electrons. The molecule has 2 rings (SSSR count). The first-order valence-corrected chi connectivity index (χ1v) is 6.57. The lowest BCUT2D eigenvalue weighted by Gasteiger charge is -2.29. The largest absolute Gasteiger partial charge is 0.468 e. The second-order valence-electron chi connectivity index (χ2n) is 4.27. The highest BCUT2D eigenvalue weighted by molar-refractivity contribution is 9.10. The molecule has 0 bridgehead atoms. The number of halogens is 1. The second kappa shape index (κ2) is 5.65. The van der Waals surface area contributed by atoms with Crippen LogP contribution >= 0.6 is 15.9 Å².